The fourth-order valence-electron chi connectivity index (χ4n) is 1.53. The van der Waals surface area contributed by atoms with Gasteiger partial charge in [-0.15, -0.1) is 0 Å². The second-order valence-corrected chi connectivity index (χ2v) is 4.48. The van der Waals surface area contributed by atoms with Crippen LogP contribution in [0.5, 0.6) is 0 Å². The lowest BCUT2D eigenvalue weighted by molar-refractivity contribution is 0.764. The van der Waals surface area contributed by atoms with Gasteiger partial charge in [-0.2, -0.15) is 20.1 Å². The average Bonchev–Trinajstić information content (AvgIpc) is 2.77. The Morgan fingerprint density at radius 3 is 2.56 bits per heavy atom. The number of halogens is 1. The molecule has 0 aliphatic rings. The molecule has 2 rings (SSSR count). The fourth-order valence-corrected chi connectivity index (χ4v) is 1.82. The summed E-state index contributed by atoms with van der Waals surface area (Å²) in [5.41, 5.74) is 5.71. The van der Waals surface area contributed by atoms with Crippen LogP contribution in [0.3, 0.4) is 0 Å². The van der Waals surface area contributed by atoms with E-state index in [1.165, 1.54) is 0 Å². The van der Waals surface area contributed by atoms with Crippen molar-refractivity contribution in [1.29, 1.82) is 0 Å². The van der Waals surface area contributed by atoms with E-state index in [0.717, 1.165) is 17.6 Å². The first-order chi connectivity index (χ1) is 8.63. The van der Waals surface area contributed by atoms with Crippen molar-refractivity contribution in [1.82, 2.24) is 24.7 Å². The zero-order valence-corrected chi connectivity index (χ0v) is 11.8. The molecule has 0 radical (unpaired) electrons. The summed E-state index contributed by atoms with van der Waals surface area (Å²) in [6.45, 7) is 5.69. The molecule has 2 aromatic rings. The SMILES string of the molecule is CCN(CC)c1nc(N)nc(-n2cc(Br)cn2)n1. The number of rotatable bonds is 4. The lowest BCUT2D eigenvalue weighted by Crippen LogP contribution is -2.25. The van der Waals surface area contributed by atoms with E-state index in [1.807, 2.05) is 18.7 Å². The summed E-state index contributed by atoms with van der Waals surface area (Å²) in [4.78, 5) is 14.6. The van der Waals surface area contributed by atoms with Crippen LogP contribution in [-0.4, -0.2) is 37.8 Å². The minimum Gasteiger partial charge on any atom is -0.368 e. The van der Waals surface area contributed by atoms with Gasteiger partial charge in [0.15, 0.2) is 0 Å². The molecule has 0 aromatic carbocycles. The maximum Gasteiger partial charge on any atom is 0.257 e. The number of nitrogens with two attached hydrogens (primary N) is 1. The van der Waals surface area contributed by atoms with E-state index in [0.29, 0.717) is 11.9 Å². The molecule has 18 heavy (non-hydrogen) atoms. The predicted molar refractivity (Wildman–Crippen MR) is 72.6 cm³/mol. The summed E-state index contributed by atoms with van der Waals surface area (Å²) >= 11 is 3.33. The zero-order chi connectivity index (χ0) is 13.1. The second kappa shape index (κ2) is 5.30. The molecule has 0 spiro atoms. The molecule has 0 amide bonds. The zero-order valence-electron chi connectivity index (χ0n) is 10.2. The molecular formula is C10H14BrN7. The fraction of sp³-hybridized carbons (Fsp3) is 0.400. The molecule has 2 aromatic heterocycles. The Balaban J connectivity index is 2.43. The molecule has 0 aliphatic carbocycles. The van der Waals surface area contributed by atoms with Gasteiger partial charge in [0.2, 0.25) is 11.9 Å². The van der Waals surface area contributed by atoms with Crippen LogP contribution in [0.1, 0.15) is 13.8 Å². The molecule has 0 unspecified atom stereocenters. The molecule has 8 heteroatoms. The minimum absolute atomic E-state index is 0.188. The Morgan fingerprint density at radius 2 is 2.00 bits per heavy atom. The van der Waals surface area contributed by atoms with Crippen molar-refractivity contribution in [3.8, 4) is 5.95 Å². The van der Waals surface area contributed by atoms with Crippen molar-refractivity contribution in [2.75, 3.05) is 23.7 Å². The lowest BCUT2D eigenvalue weighted by Gasteiger charge is -2.18. The number of hydrogen-bond acceptors (Lipinski definition) is 6. The minimum atomic E-state index is 0.188. The Kier molecular flexibility index (Phi) is 3.75. The van der Waals surface area contributed by atoms with Crippen molar-refractivity contribution in [3.05, 3.63) is 16.9 Å². The van der Waals surface area contributed by atoms with Crippen molar-refractivity contribution >= 4 is 27.8 Å². The van der Waals surface area contributed by atoms with Crippen LogP contribution in [0.2, 0.25) is 0 Å². The first-order valence-electron chi connectivity index (χ1n) is 5.61. The second-order valence-electron chi connectivity index (χ2n) is 3.57. The van der Waals surface area contributed by atoms with Crippen molar-refractivity contribution in [2.24, 2.45) is 0 Å². The van der Waals surface area contributed by atoms with E-state index < -0.39 is 0 Å². The van der Waals surface area contributed by atoms with Gasteiger partial charge in [-0.05, 0) is 29.8 Å². The third-order valence-corrected chi connectivity index (χ3v) is 2.84. The topological polar surface area (TPSA) is 85.8 Å². The van der Waals surface area contributed by atoms with Gasteiger partial charge in [-0.3, -0.25) is 0 Å². The third-order valence-electron chi connectivity index (χ3n) is 2.43. The van der Waals surface area contributed by atoms with E-state index in [9.17, 15) is 0 Å². The van der Waals surface area contributed by atoms with Crippen molar-refractivity contribution in [3.63, 3.8) is 0 Å². The highest BCUT2D eigenvalue weighted by Crippen LogP contribution is 2.13. The van der Waals surface area contributed by atoms with Crippen LogP contribution in [0.25, 0.3) is 5.95 Å². The molecule has 96 valence electrons. The van der Waals surface area contributed by atoms with E-state index in [2.05, 4.69) is 36.0 Å². The number of nitrogen functional groups attached to an aromatic ring is 1. The van der Waals surface area contributed by atoms with E-state index in [4.69, 9.17) is 5.73 Å². The predicted octanol–water partition coefficient (Wildman–Crippen LogP) is 1.25. The molecule has 2 heterocycles. The Hall–Kier alpha value is -1.70. The molecule has 0 aliphatic heterocycles. The van der Waals surface area contributed by atoms with E-state index in [-0.39, 0.29) is 5.95 Å². The third kappa shape index (κ3) is 2.58. The quantitative estimate of drug-likeness (QED) is 0.914. The number of aromatic nitrogens is 5. The largest absolute Gasteiger partial charge is 0.368 e. The Bertz CT molecular complexity index is 535. The smallest absolute Gasteiger partial charge is 0.257 e. The first-order valence-corrected chi connectivity index (χ1v) is 6.40. The molecular weight excluding hydrogens is 298 g/mol. The van der Waals surface area contributed by atoms with Crippen LogP contribution >= 0.6 is 15.9 Å². The standard InChI is InChI=1S/C10H14BrN7/c1-3-17(4-2)9-14-8(12)15-10(16-9)18-6-7(11)5-13-18/h5-6H,3-4H2,1-2H3,(H2,12,14,15,16). The molecule has 0 fully saturated rings. The van der Waals surface area contributed by atoms with Crippen molar-refractivity contribution < 1.29 is 0 Å². The highest BCUT2D eigenvalue weighted by atomic mass is 79.9. The van der Waals surface area contributed by atoms with Crippen LogP contribution in [-0.2, 0) is 0 Å². The van der Waals surface area contributed by atoms with Crippen molar-refractivity contribution in [2.45, 2.75) is 13.8 Å². The Morgan fingerprint density at radius 1 is 1.28 bits per heavy atom. The summed E-state index contributed by atoms with van der Waals surface area (Å²) < 4.78 is 2.40. The van der Waals surface area contributed by atoms with Gasteiger partial charge in [0.1, 0.15) is 0 Å². The summed E-state index contributed by atoms with van der Waals surface area (Å²) in [5, 5.41) is 4.12. The monoisotopic (exact) mass is 311 g/mol. The van der Waals surface area contributed by atoms with Gasteiger partial charge in [0.25, 0.3) is 5.95 Å². The average molecular weight is 312 g/mol. The summed E-state index contributed by atoms with van der Waals surface area (Å²) in [7, 11) is 0. The van der Waals surface area contributed by atoms with Gasteiger partial charge in [0.05, 0.1) is 10.7 Å². The first kappa shape index (κ1) is 12.7. The van der Waals surface area contributed by atoms with E-state index in [1.54, 1.807) is 17.1 Å². The van der Waals surface area contributed by atoms with Gasteiger partial charge < -0.3 is 10.6 Å². The van der Waals surface area contributed by atoms with Crippen LogP contribution in [0.4, 0.5) is 11.9 Å². The highest BCUT2D eigenvalue weighted by Gasteiger charge is 2.11. The summed E-state index contributed by atoms with van der Waals surface area (Å²) in [5.74, 6) is 1.16. The number of nitrogens with zero attached hydrogens (tertiary/aromatic N) is 6. The van der Waals surface area contributed by atoms with Gasteiger partial charge in [-0.25, -0.2) is 4.68 Å². The van der Waals surface area contributed by atoms with Crippen LogP contribution in [0, 0.1) is 0 Å². The van der Waals surface area contributed by atoms with Crippen LogP contribution in [0.15, 0.2) is 16.9 Å². The van der Waals surface area contributed by atoms with E-state index >= 15 is 0 Å². The summed E-state index contributed by atoms with van der Waals surface area (Å²) in [6, 6.07) is 0. The van der Waals surface area contributed by atoms with Gasteiger partial charge in [-0.1, -0.05) is 0 Å². The van der Waals surface area contributed by atoms with Gasteiger partial charge in [0, 0.05) is 19.3 Å². The highest BCUT2D eigenvalue weighted by molar-refractivity contribution is 9.10. The molecule has 0 saturated heterocycles. The molecule has 2 N–H and O–H groups in total. The summed E-state index contributed by atoms with van der Waals surface area (Å²) in [6.07, 6.45) is 3.43. The molecule has 0 saturated carbocycles. The number of anilines is 2. The maximum atomic E-state index is 5.71. The van der Waals surface area contributed by atoms with Crippen LogP contribution < -0.4 is 10.6 Å². The molecule has 0 bridgehead atoms. The molecule has 0 atom stereocenters. The van der Waals surface area contributed by atoms with Gasteiger partial charge >= 0.3 is 0 Å². The maximum absolute atomic E-state index is 5.71. The Labute approximate surface area is 113 Å². The number of hydrogen-bond donors (Lipinski definition) is 1. The lowest BCUT2D eigenvalue weighted by atomic mass is 10.5. The normalized spacial score (nSPS) is 10.6. The molecule has 7 nitrogen and oxygen atoms in total.